The van der Waals surface area contributed by atoms with Crippen LogP contribution in [-0.2, 0) is 16.6 Å². The van der Waals surface area contributed by atoms with Gasteiger partial charge >= 0.3 is 11.9 Å². The number of carbonyl (C=O) groups is 3. The molecule has 0 saturated heterocycles. The van der Waals surface area contributed by atoms with Crippen molar-refractivity contribution in [2.45, 2.75) is 18.9 Å². The Balaban J connectivity index is 2.74. The van der Waals surface area contributed by atoms with E-state index in [1.54, 1.807) is 19.3 Å². The molecule has 0 radical (unpaired) electrons. The number of carboxylic acids is 2. The molecule has 0 spiro atoms. The Morgan fingerprint density at radius 3 is 2.47 bits per heavy atom. The number of aromatic nitrogens is 1. The van der Waals surface area contributed by atoms with Gasteiger partial charge in [0.2, 0.25) is 0 Å². The van der Waals surface area contributed by atoms with Crippen LogP contribution in [0.25, 0.3) is 0 Å². The van der Waals surface area contributed by atoms with Crippen molar-refractivity contribution in [2.24, 2.45) is 7.05 Å². The standard InChI is InChI=1S/C11H13BrN2O5/c1-14-5-6(12)4-8(14)10(17)13-7(11(18)19)2-3-9(15)16/h4-5,7H,2-3H2,1H3,(H,13,17)(H,15,16)(H,18,19)/t7-/m0/s1. The van der Waals surface area contributed by atoms with Crippen LogP contribution in [0.3, 0.4) is 0 Å². The molecule has 19 heavy (non-hydrogen) atoms. The van der Waals surface area contributed by atoms with Gasteiger partial charge in [0, 0.05) is 24.1 Å². The first-order valence-corrected chi connectivity index (χ1v) is 6.18. The van der Waals surface area contributed by atoms with Crippen LogP contribution in [0, 0.1) is 0 Å². The highest BCUT2D eigenvalue weighted by molar-refractivity contribution is 9.10. The molecular weight excluding hydrogens is 320 g/mol. The van der Waals surface area contributed by atoms with Crippen molar-refractivity contribution in [3.8, 4) is 0 Å². The van der Waals surface area contributed by atoms with Gasteiger partial charge in [-0.05, 0) is 28.4 Å². The van der Waals surface area contributed by atoms with Gasteiger partial charge < -0.3 is 20.1 Å². The fourth-order valence-electron chi connectivity index (χ4n) is 1.51. The summed E-state index contributed by atoms with van der Waals surface area (Å²) >= 11 is 3.20. The second-order valence-electron chi connectivity index (χ2n) is 3.95. The van der Waals surface area contributed by atoms with Crippen molar-refractivity contribution in [3.63, 3.8) is 0 Å². The molecule has 0 aliphatic heterocycles. The smallest absolute Gasteiger partial charge is 0.326 e. The summed E-state index contributed by atoms with van der Waals surface area (Å²) in [5, 5.41) is 19.8. The summed E-state index contributed by atoms with van der Waals surface area (Å²) in [5.74, 6) is -2.93. The Morgan fingerprint density at radius 2 is 2.05 bits per heavy atom. The largest absolute Gasteiger partial charge is 0.481 e. The van der Waals surface area contributed by atoms with E-state index in [2.05, 4.69) is 21.2 Å². The van der Waals surface area contributed by atoms with E-state index in [1.807, 2.05) is 0 Å². The number of rotatable bonds is 6. The fraction of sp³-hybridized carbons (Fsp3) is 0.364. The highest BCUT2D eigenvalue weighted by Gasteiger charge is 2.22. The summed E-state index contributed by atoms with van der Waals surface area (Å²) < 4.78 is 2.23. The highest BCUT2D eigenvalue weighted by Crippen LogP contribution is 2.14. The molecule has 0 bridgehead atoms. The first-order valence-electron chi connectivity index (χ1n) is 5.38. The highest BCUT2D eigenvalue weighted by atomic mass is 79.9. The maximum atomic E-state index is 11.9. The summed E-state index contributed by atoms with van der Waals surface area (Å²) in [5.41, 5.74) is 0.286. The fourth-order valence-corrected chi connectivity index (χ4v) is 2.03. The van der Waals surface area contributed by atoms with Crippen LogP contribution in [0.4, 0.5) is 0 Å². The number of amides is 1. The topological polar surface area (TPSA) is 109 Å². The zero-order chi connectivity index (χ0) is 14.6. The molecule has 0 unspecified atom stereocenters. The molecule has 0 aliphatic carbocycles. The van der Waals surface area contributed by atoms with Crippen LogP contribution >= 0.6 is 15.9 Å². The number of hydrogen-bond acceptors (Lipinski definition) is 3. The Morgan fingerprint density at radius 1 is 1.42 bits per heavy atom. The van der Waals surface area contributed by atoms with Crippen molar-refractivity contribution >= 4 is 33.8 Å². The maximum absolute atomic E-state index is 11.9. The van der Waals surface area contributed by atoms with Crippen molar-refractivity contribution in [1.82, 2.24) is 9.88 Å². The first kappa shape index (κ1) is 15.2. The van der Waals surface area contributed by atoms with E-state index in [9.17, 15) is 14.4 Å². The summed E-state index contributed by atoms with van der Waals surface area (Å²) in [7, 11) is 1.65. The van der Waals surface area contributed by atoms with Crippen molar-refractivity contribution in [1.29, 1.82) is 0 Å². The third-order valence-corrected chi connectivity index (χ3v) is 2.89. The van der Waals surface area contributed by atoms with Crippen LogP contribution in [0.5, 0.6) is 0 Å². The average Bonchev–Trinajstić information content (AvgIpc) is 2.62. The first-order chi connectivity index (χ1) is 8.81. The molecule has 1 aromatic rings. The molecular formula is C11H13BrN2O5. The lowest BCUT2D eigenvalue weighted by Gasteiger charge is -2.13. The molecule has 1 aromatic heterocycles. The van der Waals surface area contributed by atoms with Gasteiger partial charge in [-0.15, -0.1) is 0 Å². The molecule has 1 rings (SSSR count). The number of halogens is 1. The Hall–Kier alpha value is -1.83. The van der Waals surface area contributed by atoms with E-state index in [-0.39, 0.29) is 18.5 Å². The second-order valence-corrected chi connectivity index (χ2v) is 4.87. The molecule has 3 N–H and O–H groups in total. The van der Waals surface area contributed by atoms with Crippen LogP contribution in [0.1, 0.15) is 23.3 Å². The van der Waals surface area contributed by atoms with Gasteiger partial charge in [-0.1, -0.05) is 0 Å². The molecule has 1 atom stereocenters. The van der Waals surface area contributed by atoms with Crippen molar-refractivity contribution in [3.05, 3.63) is 22.4 Å². The van der Waals surface area contributed by atoms with Crippen LogP contribution in [-0.4, -0.2) is 38.7 Å². The molecule has 0 aromatic carbocycles. The summed E-state index contributed by atoms with van der Waals surface area (Å²) in [4.78, 5) is 33.2. The normalized spacial score (nSPS) is 11.9. The van der Waals surface area contributed by atoms with E-state index >= 15 is 0 Å². The third-order valence-electron chi connectivity index (χ3n) is 2.45. The lowest BCUT2D eigenvalue weighted by molar-refractivity contribution is -0.140. The van der Waals surface area contributed by atoms with E-state index in [4.69, 9.17) is 10.2 Å². The molecule has 1 amide bonds. The summed E-state index contributed by atoms with van der Waals surface area (Å²) in [6.07, 6.45) is 1.16. The number of carbonyl (C=O) groups excluding carboxylic acids is 1. The van der Waals surface area contributed by atoms with Gasteiger partial charge in [0.15, 0.2) is 0 Å². The van der Waals surface area contributed by atoms with Gasteiger partial charge in [0.25, 0.3) is 5.91 Å². The predicted molar refractivity (Wildman–Crippen MR) is 68.9 cm³/mol. The minimum atomic E-state index is -1.26. The number of nitrogens with one attached hydrogen (secondary N) is 1. The maximum Gasteiger partial charge on any atom is 0.326 e. The quantitative estimate of drug-likeness (QED) is 0.715. The minimum Gasteiger partial charge on any atom is -0.481 e. The molecule has 0 fully saturated rings. The van der Waals surface area contributed by atoms with Gasteiger partial charge in [-0.2, -0.15) is 0 Å². The third kappa shape index (κ3) is 4.40. The number of nitrogens with zero attached hydrogens (tertiary/aromatic N) is 1. The van der Waals surface area contributed by atoms with Gasteiger partial charge in [0.05, 0.1) is 0 Å². The van der Waals surface area contributed by atoms with E-state index in [1.165, 1.54) is 4.57 Å². The lowest BCUT2D eigenvalue weighted by atomic mass is 10.1. The molecule has 0 saturated carbocycles. The number of carboxylic acid groups (broad SMARTS) is 2. The van der Waals surface area contributed by atoms with Gasteiger partial charge in [-0.25, -0.2) is 4.79 Å². The van der Waals surface area contributed by atoms with Crippen LogP contribution in [0.15, 0.2) is 16.7 Å². The zero-order valence-electron chi connectivity index (χ0n) is 10.1. The number of hydrogen-bond donors (Lipinski definition) is 3. The number of aliphatic carboxylic acids is 2. The molecule has 0 aliphatic rings. The summed E-state index contributed by atoms with van der Waals surface area (Å²) in [6, 6.07) is 0.322. The molecule has 1 heterocycles. The Bertz CT molecular complexity index is 511. The number of aryl methyl sites for hydroxylation is 1. The Labute approximate surface area is 117 Å². The van der Waals surface area contributed by atoms with Crippen LogP contribution in [0.2, 0.25) is 0 Å². The zero-order valence-corrected chi connectivity index (χ0v) is 11.7. The Kier molecular flexibility index (Phi) is 5.11. The average molecular weight is 333 g/mol. The van der Waals surface area contributed by atoms with E-state index in [0.29, 0.717) is 4.47 Å². The minimum absolute atomic E-state index is 0.165. The SMILES string of the molecule is Cn1cc(Br)cc1C(=O)N[C@@H](CCC(=O)O)C(=O)O. The van der Waals surface area contributed by atoms with Gasteiger partial charge in [0.1, 0.15) is 11.7 Å². The molecule has 104 valence electrons. The van der Waals surface area contributed by atoms with Gasteiger partial charge in [-0.3, -0.25) is 9.59 Å². The van der Waals surface area contributed by atoms with Crippen molar-refractivity contribution < 1.29 is 24.6 Å². The monoisotopic (exact) mass is 332 g/mol. The van der Waals surface area contributed by atoms with E-state index < -0.39 is 23.9 Å². The second kappa shape index (κ2) is 6.37. The van der Waals surface area contributed by atoms with Crippen LogP contribution < -0.4 is 5.32 Å². The molecule has 8 heteroatoms. The summed E-state index contributed by atoms with van der Waals surface area (Å²) in [6.45, 7) is 0. The van der Waals surface area contributed by atoms with E-state index in [0.717, 1.165) is 0 Å². The molecule has 7 nitrogen and oxygen atoms in total. The van der Waals surface area contributed by atoms with Crippen molar-refractivity contribution in [2.75, 3.05) is 0 Å². The lowest BCUT2D eigenvalue weighted by Crippen LogP contribution is -2.41. The predicted octanol–water partition coefficient (Wildman–Crippen LogP) is 0.835.